The van der Waals surface area contributed by atoms with Gasteiger partial charge in [0.15, 0.2) is 0 Å². The number of furan rings is 1. The molecule has 7 nitrogen and oxygen atoms in total. The number of carbonyl (C=O) groups is 1. The van der Waals surface area contributed by atoms with E-state index >= 15 is 0 Å². The Bertz CT molecular complexity index is 456. The number of rotatable bonds is 2. The molecule has 0 radical (unpaired) electrons. The second-order valence-electron chi connectivity index (χ2n) is 4.09. The largest absolute Gasteiger partial charge is 0.433 e. The molecule has 1 aliphatic heterocycles. The van der Waals surface area contributed by atoms with E-state index in [4.69, 9.17) is 10.2 Å². The van der Waals surface area contributed by atoms with Crippen molar-refractivity contribution in [1.29, 1.82) is 0 Å². The quantitative estimate of drug-likeness (QED) is 0.607. The minimum absolute atomic E-state index is 0.0317. The Balaban J connectivity index is 2.29. The highest BCUT2D eigenvalue weighted by Gasteiger charge is 2.35. The molecule has 1 fully saturated rings. The Hall–Kier alpha value is -1.89. The number of nitrogens with two attached hydrogens (primary N) is 1. The monoisotopic (exact) mass is 239 g/mol. The number of amides is 1. The second-order valence-corrected chi connectivity index (χ2v) is 4.09. The van der Waals surface area contributed by atoms with Gasteiger partial charge in [0.25, 0.3) is 0 Å². The predicted molar refractivity (Wildman–Crippen MR) is 58.1 cm³/mol. The molecule has 2 rings (SSSR count). The summed E-state index contributed by atoms with van der Waals surface area (Å²) in [6.45, 7) is 0. The van der Waals surface area contributed by atoms with E-state index in [-0.39, 0.29) is 17.8 Å². The average molecular weight is 239 g/mol. The lowest BCUT2D eigenvalue weighted by atomic mass is 9.95. The summed E-state index contributed by atoms with van der Waals surface area (Å²) in [4.78, 5) is 23.0. The Labute approximate surface area is 97.3 Å². The molecular weight excluding hydrogens is 226 g/mol. The van der Waals surface area contributed by atoms with E-state index in [1.165, 1.54) is 17.0 Å². The van der Waals surface area contributed by atoms with Crippen molar-refractivity contribution in [2.75, 3.05) is 7.05 Å². The summed E-state index contributed by atoms with van der Waals surface area (Å²) in [6.07, 6.45) is 0.958. The molecule has 92 valence electrons. The summed E-state index contributed by atoms with van der Waals surface area (Å²) in [5.74, 6) is -0.00544. The van der Waals surface area contributed by atoms with Crippen molar-refractivity contribution in [3.05, 3.63) is 28.0 Å². The van der Waals surface area contributed by atoms with Crippen molar-refractivity contribution < 1.29 is 14.1 Å². The molecule has 2 atom stereocenters. The van der Waals surface area contributed by atoms with Gasteiger partial charge in [-0.2, -0.15) is 0 Å². The third-order valence-electron chi connectivity index (χ3n) is 2.99. The van der Waals surface area contributed by atoms with Crippen molar-refractivity contribution in [2.45, 2.75) is 24.9 Å². The molecule has 7 heteroatoms. The van der Waals surface area contributed by atoms with Crippen molar-refractivity contribution in [2.24, 2.45) is 5.73 Å². The molecule has 1 aliphatic rings. The number of carbonyl (C=O) groups excluding carboxylic acids is 1. The van der Waals surface area contributed by atoms with Crippen LogP contribution >= 0.6 is 0 Å². The van der Waals surface area contributed by atoms with E-state index in [2.05, 4.69) is 0 Å². The zero-order chi connectivity index (χ0) is 12.6. The molecule has 0 bridgehead atoms. The number of hydrogen-bond donors (Lipinski definition) is 1. The fourth-order valence-corrected chi connectivity index (χ4v) is 2.07. The summed E-state index contributed by atoms with van der Waals surface area (Å²) >= 11 is 0. The van der Waals surface area contributed by atoms with Gasteiger partial charge in [-0.15, -0.1) is 0 Å². The Kier molecular flexibility index (Phi) is 2.84. The van der Waals surface area contributed by atoms with Gasteiger partial charge in [0.2, 0.25) is 5.91 Å². The van der Waals surface area contributed by atoms with Gasteiger partial charge in [0, 0.05) is 19.5 Å². The SMILES string of the molecule is CN1C(=O)CCC(N)C1c1ccc([N+](=O)[O-])o1. The van der Waals surface area contributed by atoms with Crippen LogP contribution in [0.2, 0.25) is 0 Å². The second kappa shape index (κ2) is 4.17. The molecule has 1 aromatic rings. The van der Waals surface area contributed by atoms with Crippen molar-refractivity contribution in [1.82, 2.24) is 4.90 Å². The summed E-state index contributed by atoms with van der Waals surface area (Å²) in [5.41, 5.74) is 5.93. The zero-order valence-electron chi connectivity index (χ0n) is 9.33. The van der Waals surface area contributed by atoms with E-state index in [9.17, 15) is 14.9 Å². The topological polar surface area (TPSA) is 103 Å². The van der Waals surface area contributed by atoms with Crippen molar-refractivity contribution in [3.63, 3.8) is 0 Å². The van der Waals surface area contributed by atoms with Gasteiger partial charge >= 0.3 is 5.88 Å². The molecule has 1 amide bonds. The third-order valence-corrected chi connectivity index (χ3v) is 2.99. The lowest BCUT2D eigenvalue weighted by Gasteiger charge is -2.35. The lowest BCUT2D eigenvalue weighted by Crippen LogP contribution is -2.46. The first-order chi connectivity index (χ1) is 8.00. The number of likely N-dealkylation sites (tertiary alicyclic amines) is 1. The van der Waals surface area contributed by atoms with Gasteiger partial charge in [-0.1, -0.05) is 0 Å². The molecule has 0 saturated carbocycles. The molecule has 1 saturated heterocycles. The van der Waals surface area contributed by atoms with Crippen LogP contribution in [0.4, 0.5) is 5.88 Å². The fourth-order valence-electron chi connectivity index (χ4n) is 2.07. The first-order valence-electron chi connectivity index (χ1n) is 5.26. The first kappa shape index (κ1) is 11.6. The van der Waals surface area contributed by atoms with Gasteiger partial charge in [-0.3, -0.25) is 14.9 Å². The van der Waals surface area contributed by atoms with Gasteiger partial charge in [0.1, 0.15) is 16.7 Å². The van der Waals surface area contributed by atoms with Crippen LogP contribution in [0.5, 0.6) is 0 Å². The fraction of sp³-hybridized carbons (Fsp3) is 0.500. The number of nitro groups is 1. The van der Waals surface area contributed by atoms with Crippen LogP contribution in [-0.4, -0.2) is 28.8 Å². The highest BCUT2D eigenvalue weighted by molar-refractivity contribution is 5.77. The third kappa shape index (κ3) is 2.01. The van der Waals surface area contributed by atoms with Gasteiger partial charge in [-0.25, -0.2) is 0 Å². The van der Waals surface area contributed by atoms with Crippen molar-refractivity contribution >= 4 is 11.8 Å². The molecule has 0 aromatic carbocycles. The summed E-state index contributed by atoms with van der Waals surface area (Å²) < 4.78 is 5.10. The van der Waals surface area contributed by atoms with E-state index in [0.29, 0.717) is 18.6 Å². The maximum absolute atomic E-state index is 11.6. The van der Waals surface area contributed by atoms with Crippen LogP contribution < -0.4 is 5.73 Å². The Morgan fingerprint density at radius 2 is 2.29 bits per heavy atom. The van der Waals surface area contributed by atoms with Gasteiger partial charge in [0.05, 0.1) is 6.07 Å². The standard InChI is InChI=1S/C10H13N3O4/c1-12-8(14)4-2-6(11)10(12)7-3-5-9(17-7)13(15)16/h3,5-6,10H,2,4,11H2,1H3. The average Bonchev–Trinajstić information content (AvgIpc) is 2.73. The van der Waals surface area contributed by atoms with Crippen molar-refractivity contribution in [3.8, 4) is 0 Å². The molecule has 2 N–H and O–H groups in total. The summed E-state index contributed by atoms with van der Waals surface area (Å²) in [7, 11) is 1.63. The highest BCUT2D eigenvalue weighted by Crippen LogP contribution is 2.32. The summed E-state index contributed by atoms with van der Waals surface area (Å²) in [5, 5.41) is 10.5. The molecule has 2 heterocycles. The number of piperidine rings is 1. The van der Waals surface area contributed by atoms with E-state index in [1.807, 2.05) is 0 Å². The van der Waals surface area contributed by atoms with Crippen LogP contribution in [-0.2, 0) is 4.79 Å². The maximum Gasteiger partial charge on any atom is 0.433 e. The number of hydrogen-bond acceptors (Lipinski definition) is 5. The minimum Gasteiger partial charge on any atom is -0.404 e. The van der Waals surface area contributed by atoms with E-state index < -0.39 is 11.0 Å². The Morgan fingerprint density at radius 3 is 2.88 bits per heavy atom. The first-order valence-corrected chi connectivity index (χ1v) is 5.26. The van der Waals surface area contributed by atoms with Gasteiger partial charge < -0.3 is 15.1 Å². The van der Waals surface area contributed by atoms with Gasteiger partial charge in [-0.05, 0) is 12.5 Å². The minimum atomic E-state index is -0.611. The van der Waals surface area contributed by atoms with E-state index in [0.717, 1.165) is 0 Å². The summed E-state index contributed by atoms with van der Waals surface area (Å²) in [6, 6.07) is 2.08. The van der Waals surface area contributed by atoms with E-state index in [1.54, 1.807) is 7.05 Å². The lowest BCUT2D eigenvalue weighted by molar-refractivity contribution is -0.402. The zero-order valence-corrected chi connectivity index (χ0v) is 9.33. The molecule has 0 spiro atoms. The molecule has 2 unspecified atom stereocenters. The smallest absolute Gasteiger partial charge is 0.404 e. The molecular formula is C10H13N3O4. The van der Waals surface area contributed by atoms with Crippen LogP contribution in [0, 0.1) is 10.1 Å². The maximum atomic E-state index is 11.6. The highest BCUT2D eigenvalue weighted by atomic mass is 16.6. The Morgan fingerprint density at radius 1 is 1.59 bits per heavy atom. The van der Waals surface area contributed by atoms with Crippen LogP contribution in [0.1, 0.15) is 24.6 Å². The van der Waals surface area contributed by atoms with Crippen LogP contribution in [0.25, 0.3) is 0 Å². The number of likely N-dealkylation sites (N-methyl/N-ethyl adjacent to an activating group) is 1. The molecule has 1 aromatic heterocycles. The van der Waals surface area contributed by atoms with Crippen LogP contribution in [0.15, 0.2) is 16.5 Å². The predicted octanol–water partition coefficient (Wildman–Crippen LogP) is 0.808. The van der Waals surface area contributed by atoms with Crippen LogP contribution in [0.3, 0.4) is 0 Å². The normalized spacial score (nSPS) is 25.1. The molecule has 0 aliphatic carbocycles. The molecule has 17 heavy (non-hydrogen) atoms. The number of nitrogens with zero attached hydrogens (tertiary/aromatic N) is 2.